The van der Waals surface area contributed by atoms with Gasteiger partial charge in [0.15, 0.2) is 17.7 Å². The van der Waals surface area contributed by atoms with Gasteiger partial charge in [-0.1, -0.05) is 0 Å². The fraction of sp³-hybridized carbons (Fsp3) is 0.500. The van der Waals surface area contributed by atoms with Crippen molar-refractivity contribution in [2.24, 2.45) is 0 Å². The number of halogens is 5. The molecule has 0 bridgehead atoms. The number of nitrogens with two attached hydrogens (primary N) is 1. The summed E-state index contributed by atoms with van der Waals surface area (Å²) < 4.78 is 70.9. The van der Waals surface area contributed by atoms with Crippen molar-refractivity contribution in [3.63, 3.8) is 0 Å². The van der Waals surface area contributed by atoms with Gasteiger partial charge in [-0.05, 0) is 44.7 Å². The number of ether oxygens (including phenoxy) is 1. The largest absolute Gasteiger partial charge is 0.465 e. The molecular formula is C22H24F5N5O2. The Bertz CT molecular complexity index is 1070. The second-order valence-electron chi connectivity index (χ2n) is 8.62. The van der Waals surface area contributed by atoms with Crippen LogP contribution in [0.2, 0.25) is 0 Å². The third-order valence-electron chi connectivity index (χ3n) is 6.40. The second-order valence-corrected chi connectivity index (χ2v) is 8.62. The summed E-state index contributed by atoms with van der Waals surface area (Å²) >= 11 is 0. The molecule has 1 aromatic heterocycles. The normalized spacial score (nSPS) is 19.4. The molecule has 2 aliphatic rings. The lowest BCUT2D eigenvalue weighted by atomic mass is 9.78. The van der Waals surface area contributed by atoms with Crippen LogP contribution in [0.3, 0.4) is 0 Å². The molecule has 0 unspecified atom stereocenters. The fourth-order valence-corrected chi connectivity index (χ4v) is 4.63. The number of anilines is 3. The number of benzene rings is 1. The van der Waals surface area contributed by atoms with Crippen LogP contribution in [0, 0.1) is 11.6 Å². The van der Waals surface area contributed by atoms with Crippen LogP contribution >= 0.6 is 0 Å². The zero-order chi connectivity index (χ0) is 24.7. The average molecular weight is 485 g/mol. The summed E-state index contributed by atoms with van der Waals surface area (Å²) in [5, 5.41) is 0. The monoisotopic (exact) mass is 485 g/mol. The van der Waals surface area contributed by atoms with Crippen LogP contribution in [-0.2, 0) is 4.79 Å². The Morgan fingerprint density at radius 2 is 1.79 bits per heavy atom. The van der Waals surface area contributed by atoms with Crippen molar-refractivity contribution in [3.8, 4) is 5.88 Å². The molecule has 1 spiro atoms. The SMILES string of the molecule is C[C@@H](Oc1cc(N2CCC3(CCCC(=O)N3c3ccc(F)c(F)c3)CC2)nc(N)n1)C(F)(F)F. The summed E-state index contributed by atoms with van der Waals surface area (Å²) in [6.45, 7) is 1.70. The molecule has 1 amide bonds. The van der Waals surface area contributed by atoms with Gasteiger partial charge in [-0.3, -0.25) is 4.79 Å². The fourth-order valence-electron chi connectivity index (χ4n) is 4.63. The van der Waals surface area contributed by atoms with Gasteiger partial charge < -0.3 is 20.3 Å². The van der Waals surface area contributed by atoms with Crippen LogP contribution in [0.1, 0.15) is 39.0 Å². The van der Waals surface area contributed by atoms with E-state index in [2.05, 4.69) is 9.97 Å². The Morgan fingerprint density at radius 1 is 1.09 bits per heavy atom. The van der Waals surface area contributed by atoms with Crippen molar-refractivity contribution >= 4 is 23.4 Å². The maximum atomic E-state index is 13.9. The van der Waals surface area contributed by atoms with Crippen molar-refractivity contribution in [2.75, 3.05) is 28.6 Å². The Kier molecular flexibility index (Phi) is 6.26. The maximum Gasteiger partial charge on any atom is 0.425 e. The number of nitrogen functional groups attached to an aromatic ring is 1. The lowest BCUT2D eigenvalue weighted by molar-refractivity contribution is -0.189. The molecule has 12 heteroatoms. The van der Waals surface area contributed by atoms with Crippen LogP contribution in [0.5, 0.6) is 5.88 Å². The number of carbonyl (C=O) groups is 1. The van der Waals surface area contributed by atoms with Crippen LogP contribution in [0.25, 0.3) is 0 Å². The number of aromatic nitrogens is 2. The van der Waals surface area contributed by atoms with Gasteiger partial charge in [0, 0.05) is 37.3 Å². The first-order chi connectivity index (χ1) is 16.0. The van der Waals surface area contributed by atoms with E-state index in [-0.39, 0.29) is 17.7 Å². The number of nitrogens with zero attached hydrogens (tertiary/aromatic N) is 4. The van der Waals surface area contributed by atoms with Crippen molar-refractivity contribution in [3.05, 3.63) is 35.9 Å². The van der Waals surface area contributed by atoms with E-state index in [0.29, 0.717) is 56.7 Å². The van der Waals surface area contributed by atoms with E-state index < -0.39 is 29.5 Å². The van der Waals surface area contributed by atoms with Crippen molar-refractivity contribution in [2.45, 2.75) is 56.8 Å². The molecule has 2 saturated heterocycles. The van der Waals surface area contributed by atoms with Crippen LogP contribution < -0.4 is 20.3 Å². The third kappa shape index (κ3) is 4.71. The molecule has 1 atom stereocenters. The molecule has 184 valence electrons. The predicted molar refractivity (Wildman–Crippen MR) is 114 cm³/mol. The van der Waals surface area contributed by atoms with Crippen molar-refractivity contribution in [1.82, 2.24) is 9.97 Å². The van der Waals surface area contributed by atoms with Crippen LogP contribution in [0.4, 0.5) is 39.4 Å². The summed E-state index contributed by atoms with van der Waals surface area (Å²) in [5.41, 5.74) is 5.42. The van der Waals surface area contributed by atoms with Gasteiger partial charge in [-0.25, -0.2) is 8.78 Å². The summed E-state index contributed by atoms with van der Waals surface area (Å²) in [7, 11) is 0. The minimum absolute atomic E-state index is 0.159. The quantitative estimate of drug-likeness (QED) is 0.653. The van der Waals surface area contributed by atoms with E-state index in [1.165, 1.54) is 12.1 Å². The van der Waals surface area contributed by atoms with E-state index in [1.54, 1.807) is 4.90 Å². The van der Waals surface area contributed by atoms with E-state index in [1.807, 2.05) is 4.90 Å². The number of hydrogen-bond acceptors (Lipinski definition) is 6. The molecular weight excluding hydrogens is 461 g/mol. The van der Waals surface area contributed by atoms with Gasteiger partial charge in [0.25, 0.3) is 0 Å². The minimum atomic E-state index is -4.56. The zero-order valence-corrected chi connectivity index (χ0v) is 18.4. The highest BCUT2D eigenvalue weighted by atomic mass is 19.4. The summed E-state index contributed by atoms with van der Waals surface area (Å²) in [6, 6.07) is 4.73. The highest BCUT2D eigenvalue weighted by molar-refractivity contribution is 5.95. The molecule has 2 aliphatic heterocycles. The summed E-state index contributed by atoms with van der Waals surface area (Å²) in [4.78, 5) is 24.1. The van der Waals surface area contributed by atoms with E-state index in [9.17, 15) is 26.7 Å². The first-order valence-electron chi connectivity index (χ1n) is 10.9. The molecule has 34 heavy (non-hydrogen) atoms. The molecule has 0 saturated carbocycles. The van der Waals surface area contributed by atoms with Gasteiger partial charge in [0.1, 0.15) is 5.82 Å². The summed E-state index contributed by atoms with van der Waals surface area (Å²) in [6.07, 6.45) is -3.97. The van der Waals surface area contributed by atoms with Gasteiger partial charge in [0.05, 0.1) is 5.54 Å². The molecule has 7 nitrogen and oxygen atoms in total. The molecule has 2 aromatic rings. The summed E-state index contributed by atoms with van der Waals surface area (Å²) in [5.74, 6) is -2.37. The average Bonchev–Trinajstić information content (AvgIpc) is 2.75. The number of rotatable bonds is 4. The van der Waals surface area contributed by atoms with Gasteiger partial charge in [-0.2, -0.15) is 23.1 Å². The third-order valence-corrected chi connectivity index (χ3v) is 6.40. The van der Waals surface area contributed by atoms with Gasteiger partial charge in [-0.15, -0.1) is 0 Å². The highest BCUT2D eigenvalue weighted by Gasteiger charge is 2.45. The molecule has 2 N–H and O–H groups in total. The molecule has 0 radical (unpaired) electrons. The minimum Gasteiger partial charge on any atom is -0.465 e. The van der Waals surface area contributed by atoms with Gasteiger partial charge in [0.2, 0.25) is 17.7 Å². The molecule has 4 rings (SSSR count). The Balaban J connectivity index is 1.54. The van der Waals surface area contributed by atoms with Crippen molar-refractivity contribution < 1.29 is 31.5 Å². The van der Waals surface area contributed by atoms with Gasteiger partial charge >= 0.3 is 6.18 Å². The lowest BCUT2D eigenvalue weighted by Crippen LogP contribution is -2.60. The highest BCUT2D eigenvalue weighted by Crippen LogP contribution is 2.42. The lowest BCUT2D eigenvalue weighted by Gasteiger charge is -2.51. The number of piperidine rings is 2. The zero-order valence-electron chi connectivity index (χ0n) is 18.4. The first kappa shape index (κ1) is 24.0. The molecule has 2 fully saturated rings. The van der Waals surface area contributed by atoms with E-state index in [4.69, 9.17) is 10.5 Å². The second kappa shape index (κ2) is 8.88. The molecule has 3 heterocycles. The Labute approximate surface area is 192 Å². The van der Waals surface area contributed by atoms with E-state index in [0.717, 1.165) is 19.1 Å². The Morgan fingerprint density at radius 3 is 2.44 bits per heavy atom. The first-order valence-corrected chi connectivity index (χ1v) is 10.9. The standard InChI is InChI=1S/C22H24F5N5O2/c1-13(22(25,26)27)34-18-12-17(29-20(28)30-18)31-9-7-21(8-10-31)6-2-3-19(33)32(21)14-4-5-15(23)16(24)11-14/h4-5,11-13H,2-3,6-10H2,1H3,(H2,28,29,30)/t13-/m1/s1. The Hall–Kier alpha value is -3.18. The topological polar surface area (TPSA) is 84.6 Å². The maximum absolute atomic E-state index is 13.9. The van der Waals surface area contributed by atoms with Crippen molar-refractivity contribution in [1.29, 1.82) is 0 Å². The molecule has 0 aliphatic carbocycles. The number of amides is 1. The van der Waals surface area contributed by atoms with Crippen LogP contribution in [-0.4, -0.2) is 46.8 Å². The number of hydrogen-bond donors (Lipinski definition) is 1. The number of alkyl halides is 3. The van der Waals surface area contributed by atoms with Crippen LogP contribution in [0.15, 0.2) is 24.3 Å². The predicted octanol–water partition coefficient (Wildman–Crippen LogP) is 4.22. The molecule has 1 aromatic carbocycles. The smallest absolute Gasteiger partial charge is 0.425 e. The van der Waals surface area contributed by atoms with E-state index >= 15 is 0 Å². The number of carbonyl (C=O) groups excluding carboxylic acids is 1.